The Bertz CT molecular complexity index is 876. The Balaban J connectivity index is 2.24. The van der Waals surface area contributed by atoms with E-state index in [1.54, 1.807) is 24.3 Å². The molecular weight excluding hydrogens is 366 g/mol. The summed E-state index contributed by atoms with van der Waals surface area (Å²) in [6, 6.07) is 9.26. The zero-order valence-electron chi connectivity index (χ0n) is 13.1. The normalized spacial score (nSPS) is 17.1. The van der Waals surface area contributed by atoms with E-state index in [0.29, 0.717) is 16.3 Å². The SMILES string of the molecule is CC(=O)C1=C(c2ccc(Cl)cc2)NC(=S)N[C@H]1c1c(F)cccc1F. The van der Waals surface area contributed by atoms with Crippen molar-refractivity contribution in [2.45, 2.75) is 13.0 Å². The van der Waals surface area contributed by atoms with Crippen LogP contribution < -0.4 is 10.6 Å². The summed E-state index contributed by atoms with van der Waals surface area (Å²) < 4.78 is 28.6. The molecular formula is C18H13ClF2N2OS. The standard InChI is InChI=1S/C18H13ClF2N2OS/c1-9(24)14-16(10-5-7-11(19)8-6-10)22-18(25)23-17(14)15-12(20)3-2-4-13(15)21/h2-8,17H,1H3,(H2,22,23,25)/t17-/m1/s1. The average Bonchev–Trinajstić information content (AvgIpc) is 2.54. The first-order valence-corrected chi connectivity index (χ1v) is 8.19. The summed E-state index contributed by atoms with van der Waals surface area (Å²) in [5.74, 6) is -1.84. The van der Waals surface area contributed by atoms with Crippen LogP contribution in [0.5, 0.6) is 0 Å². The Morgan fingerprint density at radius 3 is 2.28 bits per heavy atom. The predicted molar refractivity (Wildman–Crippen MR) is 97.0 cm³/mol. The van der Waals surface area contributed by atoms with E-state index in [0.717, 1.165) is 12.1 Å². The molecule has 3 nitrogen and oxygen atoms in total. The summed E-state index contributed by atoms with van der Waals surface area (Å²) in [4.78, 5) is 12.3. The van der Waals surface area contributed by atoms with Crippen LogP contribution in [0.15, 0.2) is 48.0 Å². The van der Waals surface area contributed by atoms with Gasteiger partial charge in [0.25, 0.3) is 0 Å². The third-order valence-electron chi connectivity index (χ3n) is 3.87. The lowest BCUT2D eigenvalue weighted by Gasteiger charge is -2.31. The topological polar surface area (TPSA) is 41.1 Å². The molecule has 1 aliphatic rings. The molecule has 1 heterocycles. The van der Waals surface area contributed by atoms with Gasteiger partial charge in [0.15, 0.2) is 10.9 Å². The number of hydrogen-bond acceptors (Lipinski definition) is 2. The first-order valence-electron chi connectivity index (χ1n) is 7.41. The minimum absolute atomic E-state index is 0.169. The van der Waals surface area contributed by atoms with E-state index >= 15 is 0 Å². The highest BCUT2D eigenvalue weighted by molar-refractivity contribution is 7.80. The van der Waals surface area contributed by atoms with Gasteiger partial charge in [-0.05, 0) is 49.0 Å². The first kappa shape index (κ1) is 17.5. The second-order valence-corrected chi connectivity index (χ2v) is 6.36. The number of halogens is 3. The van der Waals surface area contributed by atoms with Gasteiger partial charge < -0.3 is 10.6 Å². The van der Waals surface area contributed by atoms with E-state index in [2.05, 4.69) is 10.6 Å². The van der Waals surface area contributed by atoms with Crippen LogP contribution in [-0.4, -0.2) is 10.9 Å². The Hall–Kier alpha value is -2.31. The summed E-state index contributed by atoms with van der Waals surface area (Å²) in [6.07, 6.45) is 0. The molecule has 2 N–H and O–H groups in total. The zero-order chi connectivity index (χ0) is 18.1. The number of carbonyl (C=O) groups is 1. The van der Waals surface area contributed by atoms with Gasteiger partial charge >= 0.3 is 0 Å². The molecule has 0 saturated heterocycles. The van der Waals surface area contributed by atoms with Crippen LogP contribution in [0.25, 0.3) is 5.70 Å². The fourth-order valence-corrected chi connectivity index (χ4v) is 3.14. The van der Waals surface area contributed by atoms with Crippen LogP contribution in [-0.2, 0) is 4.79 Å². The molecule has 0 spiro atoms. The molecule has 2 aromatic carbocycles. The molecule has 25 heavy (non-hydrogen) atoms. The first-order chi connectivity index (χ1) is 11.9. The highest BCUT2D eigenvalue weighted by Crippen LogP contribution is 2.34. The molecule has 128 valence electrons. The molecule has 0 radical (unpaired) electrons. The van der Waals surface area contributed by atoms with Gasteiger partial charge in [-0.3, -0.25) is 4.79 Å². The molecule has 0 fully saturated rings. The lowest BCUT2D eigenvalue weighted by Crippen LogP contribution is -2.45. The Kier molecular flexibility index (Phi) is 4.83. The van der Waals surface area contributed by atoms with Crippen molar-refractivity contribution in [3.8, 4) is 0 Å². The summed E-state index contributed by atoms with van der Waals surface area (Å²) >= 11 is 11.1. The van der Waals surface area contributed by atoms with Gasteiger partial charge in [-0.25, -0.2) is 8.78 Å². The second kappa shape index (κ2) is 6.90. The molecule has 7 heteroatoms. The zero-order valence-corrected chi connectivity index (χ0v) is 14.6. The van der Waals surface area contributed by atoms with Gasteiger partial charge in [-0.15, -0.1) is 0 Å². The maximum absolute atomic E-state index is 14.3. The molecule has 1 atom stereocenters. The number of nitrogens with one attached hydrogen (secondary N) is 2. The minimum Gasteiger partial charge on any atom is -0.351 e. The lowest BCUT2D eigenvalue weighted by molar-refractivity contribution is -0.113. The minimum atomic E-state index is -1.03. The largest absolute Gasteiger partial charge is 0.351 e. The van der Waals surface area contributed by atoms with Crippen molar-refractivity contribution in [2.24, 2.45) is 0 Å². The summed E-state index contributed by atoms with van der Waals surface area (Å²) in [5, 5.41) is 6.40. The van der Waals surface area contributed by atoms with E-state index in [-0.39, 0.29) is 22.0 Å². The van der Waals surface area contributed by atoms with Gasteiger partial charge in [0.1, 0.15) is 11.6 Å². The second-order valence-electron chi connectivity index (χ2n) is 5.52. The van der Waals surface area contributed by atoms with E-state index in [4.69, 9.17) is 23.8 Å². The number of thiocarbonyl (C=S) groups is 1. The van der Waals surface area contributed by atoms with Crippen LogP contribution in [0.4, 0.5) is 8.78 Å². The molecule has 0 bridgehead atoms. The third kappa shape index (κ3) is 3.41. The Morgan fingerprint density at radius 1 is 1.12 bits per heavy atom. The Labute approximate surface area is 153 Å². The number of ketones is 1. The molecule has 3 rings (SSSR count). The van der Waals surface area contributed by atoms with Crippen LogP contribution in [0.1, 0.15) is 24.1 Å². The molecule has 0 saturated carbocycles. The highest BCUT2D eigenvalue weighted by Gasteiger charge is 2.33. The third-order valence-corrected chi connectivity index (χ3v) is 4.34. The average molecular weight is 379 g/mol. The van der Waals surface area contributed by atoms with Crippen LogP contribution in [0.2, 0.25) is 5.02 Å². The van der Waals surface area contributed by atoms with Crippen molar-refractivity contribution in [3.05, 3.63) is 75.8 Å². The van der Waals surface area contributed by atoms with Crippen LogP contribution in [0.3, 0.4) is 0 Å². The van der Waals surface area contributed by atoms with Gasteiger partial charge in [0.05, 0.1) is 17.3 Å². The van der Waals surface area contributed by atoms with E-state index < -0.39 is 17.7 Å². The monoisotopic (exact) mass is 378 g/mol. The van der Waals surface area contributed by atoms with Gasteiger partial charge in [0.2, 0.25) is 0 Å². The predicted octanol–water partition coefficient (Wildman–Crippen LogP) is 4.14. The smallest absolute Gasteiger partial charge is 0.171 e. The van der Waals surface area contributed by atoms with Gasteiger partial charge in [-0.1, -0.05) is 29.8 Å². The maximum Gasteiger partial charge on any atom is 0.171 e. The van der Waals surface area contributed by atoms with E-state index in [9.17, 15) is 13.6 Å². The van der Waals surface area contributed by atoms with Gasteiger partial charge in [0, 0.05) is 10.6 Å². The lowest BCUT2D eigenvalue weighted by atomic mass is 9.90. The van der Waals surface area contributed by atoms with Crippen LogP contribution >= 0.6 is 23.8 Å². The van der Waals surface area contributed by atoms with Gasteiger partial charge in [-0.2, -0.15) is 0 Å². The molecule has 0 aliphatic carbocycles. The number of rotatable bonds is 3. The number of Topliss-reactive ketones (excluding diaryl/α,β-unsaturated/α-hetero) is 1. The maximum atomic E-state index is 14.3. The van der Waals surface area contributed by atoms with Crippen molar-refractivity contribution in [3.63, 3.8) is 0 Å². The molecule has 0 amide bonds. The van der Waals surface area contributed by atoms with Crippen molar-refractivity contribution in [2.75, 3.05) is 0 Å². The van der Waals surface area contributed by atoms with Crippen molar-refractivity contribution in [1.29, 1.82) is 0 Å². The van der Waals surface area contributed by atoms with E-state index in [1.165, 1.54) is 13.0 Å². The fourth-order valence-electron chi connectivity index (χ4n) is 2.79. The van der Waals surface area contributed by atoms with Crippen molar-refractivity contribution in [1.82, 2.24) is 10.6 Å². The quantitative estimate of drug-likeness (QED) is 0.788. The molecule has 1 aliphatic heterocycles. The molecule has 2 aromatic rings. The number of carbonyl (C=O) groups excluding carboxylic acids is 1. The van der Waals surface area contributed by atoms with E-state index in [1.807, 2.05) is 0 Å². The summed E-state index contributed by atoms with van der Waals surface area (Å²) in [6.45, 7) is 1.34. The summed E-state index contributed by atoms with van der Waals surface area (Å²) in [7, 11) is 0. The van der Waals surface area contributed by atoms with Crippen molar-refractivity contribution >= 4 is 40.4 Å². The number of benzene rings is 2. The van der Waals surface area contributed by atoms with Crippen LogP contribution in [0, 0.1) is 11.6 Å². The Morgan fingerprint density at radius 2 is 1.72 bits per heavy atom. The fraction of sp³-hybridized carbons (Fsp3) is 0.111. The van der Waals surface area contributed by atoms with Crippen molar-refractivity contribution < 1.29 is 13.6 Å². The summed E-state index contributed by atoms with van der Waals surface area (Å²) in [5.41, 5.74) is 0.990. The molecule has 0 aromatic heterocycles. The number of hydrogen-bond donors (Lipinski definition) is 2. The highest BCUT2D eigenvalue weighted by atomic mass is 35.5. The molecule has 0 unspecified atom stereocenters.